The van der Waals surface area contributed by atoms with Crippen LogP contribution in [0.1, 0.15) is 37.1 Å². The number of rotatable bonds is 6. The molecular formula is C27H30N8O. The lowest BCUT2D eigenvalue weighted by Crippen LogP contribution is -2.49. The number of amides is 1. The Morgan fingerprint density at radius 3 is 2.67 bits per heavy atom. The van der Waals surface area contributed by atoms with E-state index in [0.29, 0.717) is 17.8 Å². The highest BCUT2D eigenvalue weighted by molar-refractivity contribution is 5.83. The predicted octanol–water partition coefficient (Wildman–Crippen LogP) is 4.08. The van der Waals surface area contributed by atoms with E-state index < -0.39 is 0 Å². The molecule has 1 aliphatic carbocycles. The molecule has 1 atom stereocenters. The van der Waals surface area contributed by atoms with Crippen LogP contribution in [0.4, 0.5) is 11.8 Å². The fourth-order valence-electron chi connectivity index (χ4n) is 4.87. The number of fused-ring (bicyclic) bond motifs is 1. The van der Waals surface area contributed by atoms with Gasteiger partial charge >= 0.3 is 0 Å². The third-order valence-electron chi connectivity index (χ3n) is 7.19. The molecule has 3 aromatic heterocycles. The Hall–Kier alpha value is -3.85. The van der Waals surface area contributed by atoms with E-state index >= 15 is 0 Å². The second-order valence-corrected chi connectivity index (χ2v) is 9.77. The van der Waals surface area contributed by atoms with Crippen LogP contribution in [0.5, 0.6) is 0 Å². The van der Waals surface area contributed by atoms with E-state index in [1.54, 1.807) is 6.33 Å². The van der Waals surface area contributed by atoms with Crippen LogP contribution in [0.3, 0.4) is 0 Å². The van der Waals surface area contributed by atoms with Crippen LogP contribution in [-0.2, 0) is 4.79 Å². The number of benzene rings is 1. The van der Waals surface area contributed by atoms with E-state index in [4.69, 9.17) is 0 Å². The smallest absolute Gasteiger partial charge is 0.225 e. The first-order valence-corrected chi connectivity index (χ1v) is 12.6. The molecule has 2 N–H and O–H groups in total. The maximum absolute atomic E-state index is 12.4. The molecule has 1 saturated carbocycles. The molecule has 0 radical (unpaired) electrons. The zero-order chi connectivity index (χ0) is 24.6. The normalized spacial score (nSPS) is 17.3. The lowest BCUT2D eigenvalue weighted by molar-refractivity contribution is -0.134. The summed E-state index contributed by atoms with van der Waals surface area (Å²) in [5.41, 5.74) is 5.81. The molecule has 36 heavy (non-hydrogen) atoms. The highest BCUT2D eigenvalue weighted by Crippen LogP contribution is 2.32. The van der Waals surface area contributed by atoms with Gasteiger partial charge in [0.25, 0.3) is 0 Å². The number of imidazole rings is 1. The van der Waals surface area contributed by atoms with E-state index in [1.165, 1.54) is 5.56 Å². The highest BCUT2D eigenvalue weighted by atomic mass is 16.2. The Balaban J connectivity index is 1.14. The number of hydrogen-bond acceptors (Lipinski definition) is 7. The molecule has 1 aromatic carbocycles. The van der Waals surface area contributed by atoms with Crippen LogP contribution < -0.4 is 5.32 Å². The number of aryl methyl sites for hydroxylation is 1. The van der Waals surface area contributed by atoms with Gasteiger partial charge in [-0.1, -0.05) is 6.07 Å². The Bertz CT molecular complexity index is 1400. The standard InChI is InChI=1S/C27H30N8O/c1-17-13-23(30-16-29-17)21-5-6-22-24(14-21)32-27(31-22)33-25-15-20(7-8-28-25)18(2)34-9-11-35(12-10-34)26(36)19-3-4-19/h5-8,13-16,18-19H,3-4,9-12H2,1-2H3,(H2,28,31,32,33)/t18-/m1/s1. The van der Waals surface area contributed by atoms with Gasteiger partial charge < -0.3 is 15.2 Å². The second kappa shape index (κ2) is 9.31. The maximum atomic E-state index is 12.4. The average molecular weight is 483 g/mol. The van der Waals surface area contributed by atoms with Crippen molar-refractivity contribution >= 4 is 28.7 Å². The highest BCUT2D eigenvalue weighted by Gasteiger charge is 2.35. The number of nitrogens with one attached hydrogen (secondary N) is 2. The van der Waals surface area contributed by atoms with Gasteiger partial charge in [-0.2, -0.15) is 0 Å². The van der Waals surface area contributed by atoms with Crippen molar-refractivity contribution in [2.45, 2.75) is 32.7 Å². The van der Waals surface area contributed by atoms with E-state index in [0.717, 1.165) is 72.8 Å². The number of anilines is 2. The number of aromatic nitrogens is 5. The number of carbonyl (C=O) groups is 1. The molecule has 184 valence electrons. The number of aromatic amines is 1. The molecule has 9 nitrogen and oxygen atoms in total. The van der Waals surface area contributed by atoms with Gasteiger partial charge in [0.15, 0.2) is 0 Å². The quantitative estimate of drug-likeness (QED) is 0.427. The molecule has 0 unspecified atom stereocenters. The molecule has 2 fully saturated rings. The first kappa shape index (κ1) is 22.6. The molecule has 2 aliphatic rings. The minimum Gasteiger partial charge on any atom is -0.340 e. The van der Waals surface area contributed by atoms with Crippen LogP contribution in [0, 0.1) is 12.8 Å². The molecule has 4 heterocycles. The van der Waals surface area contributed by atoms with Gasteiger partial charge in [-0.25, -0.2) is 19.9 Å². The fraction of sp³-hybridized carbons (Fsp3) is 0.370. The molecule has 1 aliphatic heterocycles. The van der Waals surface area contributed by atoms with Crippen molar-refractivity contribution < 1.29 is 4.79 Å². The number of H-pyrrole nitrogens is 1. The summed E-state index contributed by atoms with van der Waals surface area (Å²) in [5, 5.41) is 3.33. The van der Waals surface area contributed by atoms with E-state index in [2.05, 4.69) is 60.3 Å². The van der Waals surface area contributed by atoms with Crippen molar-refractivity contribution in [2.24, 2.45) is 5.92 Å². The first-order chi connectivity index (χ1) is 17.5. The predicted molar refractivity (Wildman–Crippen MR) is 139 cm³/mol. The van der Waals surface area contributed by atoms with Gasteiger partial charge in [-0.05, 0) is 62.6 Å². The zero-order valence-electron chi connectivity index (χ0n) is 20.6. The molecule has 1 amide bonds. The molecule has 4 aromatic rings. The number of nitrogens with zero attached hydrogens (tertiary/aromatic N) is 6. The van der Waals surface area contributed by atoms with Crippen molar-refractivity contribution in [2.75, 3.05) is 31.5 Å². The summed E-state index contributed by atoms with van der Waals surface area (Å²) in [6.45, 7) is 7.58. The fourth-order valence-corrected chi connectivity index (χ4v) is 4.87. The van der Waals surface area contributed by atoms with Gasteiger partial charge in [0.2, 0.25) is 11.9 Å². The lowest BCUT2D eigenvalue weighted by atomic mass is 10.1. The summed E-state index contributed by atoms with van der Waals surface area (Å²) in [5.74, 6) is 2.03. The molecule has 0 bridgehead atoms. The second-order valence-electron chi connectivity index (χ2n) is 9.77. The Kier molecular flexibility index (Phi) is 5.85. The summed E-state index contributed by atoms with van der Waals surface area (Å²) in [6.07, 6.45) is 5.55. The minimum absolute atomic E-state index is 0.237. The monoisotopic (exact) mass is 482 g/mol. The minimum atomic E-state index is 0.237. The van der Waals surface area contributed by atoms with Gasteiger partial charge in [0.05, 0.1) is 16.7 Å². The maximum Gasteiger partial charge on any atom is 0.225 e. The molecular weight excluding hydrogens is 452 g/mol. The van der Waals surface area contributed by atoms with E-state index in [9.17, 15) is 4.79 Å². The van der Waals surface area contributed by atoms with Crippen LogP contribution >= 0.6 is 0 Å². The van der Waals surface area contributed by atoms with Crippen LogP contribution in [0.25, 0.3) is 22.3 Å². The van der Waals surface area contributed by atoms with Crippen molar-refractivity contribution in [1.29, 1.82) is 0 Å². The van der Waals surface area contributed by atoms with Crippen molar-refractivity contribution in [1.82, 2.24) is 34.7 Å². The topological polar surface area (TPSA) is 103 Å². The largest absolute Gasteiger partial charge is 0.340 e. The number of hydrogen-bond donors (Lipinski definition) is 2. The SMILES string of the molecule is Cc1cc(-c2ccc3nc(Nc4cc([C@@H](C)N5CCN(C(=O)C6CC6)CC5)ccn4)[nH]c3c2)ncn1. The zero-order valence-corrected chi connectivity index (χ0v) is 20.6. The van der Waals surface area contributed by atoms with Gasteiger partial charge in [-0.15, -0.1) is 0 Å². The Morgan fingerprint density at radius 2 is 1.89 bits per heavy atom. The van der Waals surface area contributed by atoms with E-state index in [-0.39, 0.29) is 6.04 Å². The first-order valence-electron chi connectivity index (χ1n) is 12.6. The Labute approximate surface area is 210 Å². The summed E-state index contributed by atoms with van der Waals surface area (Å²) in [7, 11) is 0. The summed E-state index contributed by atoms with van der Waals surface area (Å²) >= 11 is 0. The van der Waals surface area contributed by atoms with Crippen LogP contribution in [0.2, 0.25) is 0 Å². The molecule has 0 spiro atoms. The van der Waals surface area contributed by atoms with Gasteiger partial charge in [0.1, 0.15) is 12.1 Å². The lowest BCUT2D eigenvalue weighted by Gasteiger charge is -2.38. The summed E-state index contributed by atoms with van der Waals surface area (Å²) < 4.78 is 0. The molecule has 6 rings (SSSR count). The number of carbonyl (C=O) groups excluding carboxylic acids is 1. The number of piperazine rings is 1. The summed E-state index contributed by atoms with van der Waals surface area (Å²) in [6, 6.07) is 12.4. The van der Waals surface area contributed by atoms with Gasteiger partial charge in [-0.3, -0.25) is 9.69 Å². The summed E-state index contributed by atoms with van der Waals surface area (Å²) in [4.78, 5) is 38.0. The Morgan fingerprint density at radius 1 is 1.06 bits per heavy atom. The van der Waals surface area contributed by atoms with Gasteiger partial charge in [0, 0.05) is 55.6 Å². The third-order valence-corrected chi connectivity index (χ3v) is 7.19. The molecule has 1 saturated heterocycles. The number of pyridine rings is 1. The van der Waals surface area contributed by atoms with Crippen molar-refractivity contribution in [3.63, 3.8) is 0 Å². The van der Waals surface area contributed by atoms with Crippen molar-refractivity contribution in [3.05, 3.63) is 60.2 Å². The van der Waals surface area contributed by atoms with Crippen molar-refractivity contribution in [3.8, 4) is 11.3 Å². The molecule has 9 heteroatoms. The third kappa shape index (κ3) is 4.66. The van der Waals surface area contributed by atoms with E-state index in [1.807, 2.05) is 36.2 Å². The van der Waals surface area contributed by atoms with Crippen LogP contribution in [0.15, 0.2) is 48.9 Å². The average Bonchev–Trinajstić information content (AvgIpc) is 3.68. The van der Waals surface area contributed by atoms with Crippen LogP contribution in [-0.4, -0.2) is 66.8 Å².